The molecule has 0 saturated carbocycles. The third-order valence-corrected chi connectivity index (χ3v) is 4.76. The molecule has 1 aromatic carbocycles. The van der Waals surface area contributed by atoms with Crippen LogP contribution in [0.1, 0.15) is 26.2 Å². The van der Waals surface area contributed by atoms with Crippen LogP contribution in [0.5, 0.6) is 0 Å². The Morgan fingerprint density at radius 2 is 1.92 bits per heavy atom. The van der Waals surface area contributed by atoms with Gasteiger partial charge in [0.1, 0.15) is 16.7 Å². The summed E-state index contributed by atoms with van der Waals surface area (Å²) in [6.07, 6.45) is 3.52. The Kier molecular flexibility index (Phi) is 4.44. The molecule has 0 bridgehead atoms. The molecule has 4 rings (SSSR count). The number of nitrogens with one attached hydrogen (secondary N) is 1. The van der Waals surface area contributed by atoms with Crippen molar-refractivity contribution in [3.05, 3.63) is 40.7 Å². The SMILES string of the molecule is CC#CCn1c(N2CCCCC2)nc2c(-c3ccccc3)n[nH]c(=O)c21. The minimum Gasteiger partial charge on any atom is -0.342 e. The van der Waals surface area contributed by atoms with Gasteiger partial charge < -0.3 is 4.90 Å². The molecule has 0 atom stereocenters. The summed E-state index contributed by atoms with van der Waals surface area (Å²) in [6, 6.07) is 9.83. The lowest BCUT2D eigenvalue weighted by Crippen LogP contribution is -2.32. The first-order valence-corrected chi connectivity index (χ1v) is 8.98. The second-order valence-electron chi connectivity index (χ2n) is 6.44. The van der Waals surface area contributed by atoms with Crippen LogP contribution in [0.2, 0.25) is 0 Å². The molecule has 0 unspecified atom stereocenters. The van der Waals surface area contributed by atoms with E-state index in [0.717, 1.165) is 37.4 Å². The molecule has 3 aromatic rings. The van der Waals surface area contributed by atoms with E-state index in [-0.39, 0.29) is 5.56 Å². The number of aromatic amines is 1. The molecule has 1 aliphatic rings. The molecule has 6 nitrogen and oxygen atoms in total. The van der Waals surface area contributed by atoms with Gasteiger partial charge in [-0.05, 0) is 26.2 Å². The Morgan fingerprint density at radius 1 is 1.15 bits per heavy atom. The van der Waals surface area contributed by atoms with Crippen LogP contribution in [0.25, 0.3) is 22.3 Å². The zero-order valence-electron chi connectivity index (χ0n) is 14.8. The van der Waals surface area contributed by atoms with Crippen LogP contribution in [0.15, 0.2) is 35.1 Å². The van der Waals surface area contributed by atoms with E-state index in [1.165, 1.54) is 6.42 Å². The molecule has 0 spiro atoms. The van der Waals surface area contributed by atoms with Gasteiger partial charge in [-0.15, -0.1) is 5.92 Å². The Bertz CT molecular complexity index is 1030. The molecule has 0 amide bonds. The summed E-state index contributed by atoms with van der Waals surface area (Å²) >= 11 is 0. The predicted octanol–water partition coefficient (Wildman–Crippen LogP) is 2.80. The Hall–Kier alpha value is -3.07. The van der Waals surface area contributed by atoms with E-state index in [4.69, 9.17) is 4.98 Å². The molecule has 0 aliphatic carbocycles. The number of rotatable bonds is 3. The van der Waals surface area contributed by atoms with Crippen molar-refractivity contribution in [2.24, 2.45) is 0 Å². The standard InChI is InChI=1S/C20H21N5O/c1-2-3-14-25-18-17(21-20(25)24-12-8-5-9-13-24)16(22-23-19(18)26)15-10-6-4-7-11-15/h4,6-7,10-11H,5,8-9,12-14H2,1H3,(H,23,26). The third kappa shape index (κ3) is 2.86. The number of anilines is 1. The van der Waals surface area contributed by atoms with Gasteiger partial charge in [-0.25, -0.2) is 10.1 Å². The van der Waals surface area contributed by atoms with Crippen LogP contribution in [-0.4, -0.2) is 32.8 Å². The number of hydrogen-bond donors (Lipinski definition) is 1. The number of imidazole rings is 1. The lowest BCUT2D eigenvalue weighted by molar-refractivity contribution is 0.561. The van der Waals surface area contributed by atoms with Gasteiger partial charge in [0.15, 0.2) is 0 Å². The maximum absolute atomic E-state index is 12.6. The van der Waals surface area contributed by atoms with Crippen molar-refractivity contribution in [1.29, 1.82) is 0 Å². The van der Waals surface area contributed by atoms with Crippen molar-refractivity contribution in [2.75, 3.05) is 18.0 Å². The van der Waals surface area contributed by atoms with Crippen LogP contribution < -0.4 is 10.5 Å². The molecular formula is C20H21N5O. The molecule has 3 heterocycles. The number of fused-ring (bicyclic) bond motifs is 1. The quantitative estimate of drug-likeness (QED) is 0.740. The van der Waals surface area contributed by atoms with E-state index in [0.29, 0.717) is 23.3 Å². The van der Waals surface area contributed by atoms with E-state index in [1.54, 1.807) is 6.92 Å². The number of nitrogens with zero attached hydrogens (tertiary/aromatic N) is 4. The summed E-state index contributed by atoms with van der Waals surface area (Å²) in [5, 5.41) is 6.93. The van der Waals surface area contributed by atoms with Gasteiger partial charge >= 0.3 is 0 Å². The van der Waals surface area contributed by atoms with Gasteiger partial charge in [-0.3, -0.25) is 9.36 Å². The number of piperidine rings is 1. The molecular weight excluding hydrogens is 326 g/mol. The highest BCUT2D eigenvalue weighted by molar-refractivity contribution is 5.90. The smallest absolute Gasteiger partial charge is 0.290 e. The van der Waals surface area contributed by atoms with Gasteiger partial charge in [-0.2, -0.15) is 5.10 Å². The van der Waals surface area contributed by atoms with E-state index < -0.39 is 0 Å². The zero-order valence-corrected chi connectivity index (χ0v) is 14.8. The number of benzene rings is 1. The maximum atomic E-state index is 12.6. The summed E-state index contributed by atoms with van der Waals surface area (Å²) < 4.78 is 1.93. The Morgan fingerprint density at radius 3 is 2.65 bits per heavy atom. The lowest BCUT2D eigenvalue weighted by Gasteiger charge is -2.27. The average molecular weight is 347 g/mol. The molecule has 0 radical (unpaired) electrons. The summed E-state index contributed by atoms with van der Waals surface area (Å²) in [7, 11) is 0. The minimum atomic E-state index is -0.228. The predicted molar refractivity (Wildman–Crippen MR) is 103 cm³/mol. The van der Waals surface area contributed by atoms with E-state index in [2.05, 4.69) is 26.9 Å². The molecule has 1 aliphatic heterocycles. The van der Waals surface area contributed by atoms with Crippen LogP contribution in [-0.2, 0) is 6.54 Å². The van der Waals surface area contributed by atoms with E-state index in [1.807, 2.05) is 34.9 Å². The fourth-order valence-corrected chi connectivity index (χ4v) is 3.49. The minimum absolute atomic E-state index is 0.228. The Labute approximate surface area is 151 Å². The first-order chi connectivity index (χ1) is 12.8. The molecule has 2 aromatic heterocycles. The number of hydrogen-bond acceptors (Lipinski definition) is 4. The van der Waals surface area contributed by atoms with Crippen molar-refractivity contribution in [3.8, 4) is 23.1 Å². The molecule has 1 saturated heterocycles. The monoisotopic (exact) mass is 347 g/mol. The zero-order chi connectivity index (χ0) is 17.9. The van der Waals surface area contributed by atoms with Crippen LogP contribution in [0.4, 0.5) is 5.95 Å². The summed E-state index contributed by atoms with van der Waals surface area (Å²) in [6.45, 7) is 4.16. The van der Waals surface area contributed by atoms with Crippen LogP contribution in [0.3, 0.4) is 0 Å². The fourth-order valence-electron chi connectivity index (χ4n) is 3.49. The largest absolute Gasteiger partial charge is 0.342 e. The van der Waals surface area contributed by atoms with Crippen LogP contribution in [0, 0.1) is 11.8 Å². The topological polar surface area (TPSA) is 66.8 Å². The van der Waals surface area contributed by atoms with Crippen molar-refractivity contribution in [1.82, 2.24) is 19.7 Å². The van der Waals surface area contributed by atoms with Crippen molar-refractivity contribution >= 4 is 17.0 Å². The summed E-state index contributed by atoms with van der Waals surface area (Å²) in [5.41, 5.74) is 2.58. The highest BCUT2D eigenvalue weighted by Gasteiger charge is 2.23. The average Bonchev–Trinajstić information content (AvgIpc) is 3.08. The van der Waals surface area contributed by atoms with Gasteiger partial charge in [0, 0.05) is 18.7 Å². The summed E-state index contributed by atoms with van der Waals surface area (Å²) in [4.78, 5) is 19.7. The van der Waals surface area contributed by atoms with Gasteiger partial charge in [0.2, 0.25) is 5.95 Å². The van der Waals surface area contributed by atoms with Crippen molar-refractivity contribution < 1.29 is 0 Å². The Balaban J connectivity index is 1.97. The van der Waals surface area contributed by atoms with Gasteiger partial charge in [0.05, 0.1) is 6.54 Å². The van der Waals surface area contributed by atoms with E-state index >= 15 is 0 Å². The maximum Gasteiger partial charge on any atom is 0.290 e. The van der Waals surface area contributed by atoms with Gasteiger partial charge in [0.25, 0.3) is 5.56 Å². The number of aromatic nitrogens is 4. The van der Waals surface area contributed by atoms with Gasteiger partial charge in [-0.1, -0.05) is 36.3 Å². The molecule has 132 valence electrons. The highest BCUT2D eigenvalue weighted by atomic mass is 16.1. The molecule has 6 heteroatoms. The lowest BCUT2D eigenvalue weighted by atomic mass is 10.1. The first kappa shape index (κ1) is 16.4. The second kappa shape index (κ2) is 7.04. The fraction of sp³-hybridized carbons (Fsp3) is 0.350. The first-order valence-electron chi connectivity index (χ1n) is 8.98. The van der Waals surface area contributed by atoms with E-state index in [9.17, 15) is 4.79 Å². The van der Waals surface area contributed by atoms with Crippen LogP contribution >= 0.6 is 0 Å². The normalized spacial score (nSPS) is 14.3. The summed E-state index contributed by atoms with van der Waals surface area (Å²) in [5.74, 6) is 6.82. The number of H-pyrrole nitrogens is 1. The van der Waals surface area contributed by atoms with Crippen molar-refractivity contribution in [3.63, 3.8) is 0 Å². The molecule has 1 N–H and O–H groups in total. The highest BCUT2D eigenvalue weighted by Crippen LogP contribution is 2.28. The third-order valence-electron chi connectivity index (χ3n) is 4.76. The second-order valence-corrected chi connectivity index (χ2v) is 6.44. The molecule has 26 heavy (non-hydrogen) atoms. The molecule has 1 fully saturated rings. The van der Waals surface area contributed by atoms with Crippen molar-refractivity contribution in [2.45, 2.75) is 32.7 Å².